The molecule has 1 aliphatic carbocycles. The molecule has 0 aromatic carbocycles. The first-order valence-corrected chi connectivity index (χ1v) is 13.0. The van der Waals surface area contributed by atoms with E-state index in [-0.39, 0.29) is 6.17 Å². The Bertz CT molecular complexity index is 1000. The second-order valence-electron chi connectivity index (χ2n) is 10.4. The molecule has 0 spiro atoms. The molecular weight excluding hydrogens is 416 g/mol. The SMILES string of the molecule is Cn1c2c(c3c1=NC(N1CCOCC1)CC=3)CCN(CC(=O)N1CCN(C3CCC3)CC1)C2. The third-order valence-electron chi connectivity index (χ3n) is 8.58. The first kappa shape index (κ1) is 21.8. The molecule has 180 valence electrons. The second-order valence-corrected chi connectivity index (χ2v) is 10.4. The van der Waals surface area contributed by atoms with Crippen LogP contribution in [0.4, 0.5) is 0 Å². The van der Waals surface area contributed by atoms with Crippen LogP contribution in [0.3, 0.4) is 0 Å². The number of hydrogen-bond donors (Lipinski definition) is 0. The Kier molecular flexibility index (Phi) is 6.03. The summed E-state index contributed by atoms with van der Waals surface area (Å²) in [7, 11) is 2.15. The topological polar surface area (TPSA) is 56.6 Å². The Morgan fingerprint density at radius 2 is 1.85 bits per heavy atom. The van der Waals surface area contributed by atoms with Crippen molar-refractivity contribution in [2.45, 2.75) is 50.9 Å². The molecule has 8 nitrogen and oxygen atoms in total. The van der Waals surface area contributed by atoms with Crippen LogP contribution in [-0.2, 0) is 29.5 Å². The number of hydrogen-bond acceptors (Lipinski definition) is 6. The molecule has 1 aromatic heterocycles. The summed E-state index contributed by atoms with van der Waals surface area (Å²) in [6.07, 6.45) is 8.70. The number of amides is 1. The number of piperazine rings is 1. The molecule has 2 saturated heterocycles. The van der Waals surface area contributed by atoms with Gasteiger partial charge in [-0.3, -0.25) is 19.5 Å². The molecule has 0 N–H and O–H groups in total. The van der Waals surface area contributed by atoms with Crippen LogP contribution in [0.5, 0.6) is 0 Å². The van der Waals surface area contributed by atoms with Gasteiger partial charge in [0.1, 0.15) is 11.7 Å². The maximum Gasteiger partial charge on any atom is 0.236 e. The first-order chi connectivity index (χ1) is 16.2. The van der Waals surface area contributed by atoms with E-state index in [2.05, 4.69) is 37.3 Å². The van der Waals surface area contributed by atoms with Gasteiger partial charge in [0.25, 0.3) is 0 Å². The van der Waals surface area contributed by atoms with Crippen molar-refractivity contribution in [1.82, 2.24) is 24.2 Å². The van der Waals surface area contributed by atoms with Gasteiger partial charge in [0.15, 0.2) is 0 Å². The van der Waals surface area contributed by atoms with Gasteiger partial charge < -0.3 is 14.2 Å². The molecule has 8 heteroatoms. The highest BCUT2D eigenvalue weighted by Gasteiger charge is 2.31. The minimum absolute atomic E-state index is 0.229. The smallest absolute Gasteiger partial charge is 0.236 e. The number of carbonyl (C=O) groups excluding carboxylic acids is 1. The van der Waals surface area contributed by atoms with E-state index in [0.29, 0.717) is 12.5 Å². The summed E-state index contributed by atoms with van der Waals surface area (Å²) in [5.74, 6) is 0.300. The fourth-order valence-electron chi connectivity index (χ4n) is 6.25. The van der Waals surface area contributed by atoms with Gasteiger partial charge in [0.05, 0.1) is 19.8 Å². The van der Waals surface area contributed by atoms with Crippen LogP contribution in [0, 0.1) is 0 Å². The molecular formula is C25H38N6O2. The lowest BCUT2D eigenvalue weighted by atomic mass is 9.91. The van der Waals surface area contributed by atoms with E-state index >= 15 is 0 Å². The number of aromatic nitrogens is 1. The first-order valence-electron chi connectivity index (χ1n) is 13.0. The van der Waals surface area contributed by atoms with E-state index < -0.39 is 0 Å². The average molecular weight is 455 g/mol. The van der Waals surface area contributed by atoms with Crippen LogP contribution >= 0.6 is 0 Å². The van der Waals surface area contributed by atoms with Gasteiger partial charge >= 0.3 is 0 Å². The highest BCUT2D eigenvalue weighted by Crippen LogP contribution is 2.25. The zero-order valence-electron chi connectivity index (χ0n) is 20.0. The second kappa shape index (κ2) is 9.13. The third-order valence-corrected chi connectivity index (χ3v) is 8.58. The van der Waals surface area contributed by atoms with Crippen molar-refractivity contribution in [3.05, 3.63) is 22.0 Å². The van der Waals surface area contributed by atoms with Gasteiger partial charge in [-0.25, -0.2) is 4.99 Å². The molecule has 33 heavy (non-hydrogen) atoms. The van der Waals surface area contributed by atoms with Crippen molar-refractivity contribution in [2.24, 2.45) is 12.0 Å². The molecule has 1 unspecified atom stereocenters. The van der Waals surface area contributed by atoms with Gasteiger partial charge in [0, 0.05) is 82.8 Å². The van der Waals surface area contributed by atoms with Crippen molar-refractivity contribution < 1.29 is 9.53 Å². The molecule has 0 bridgehead atoms. The summed E-state index contributed by atoms with van der Waals surface area (Å²) in [6.45, 7) is 9.76. The summed E-state index contributed by atoms with van der Waals surface area (Å²) < 4.78 is 7.82. The van der Waals surface area contributed by atoms with Crippen molar-refractivity contribution in [2.75, 3.05) is 65.6 Å². The Morgan fingerprint density at radius 1 is 1.06 bits per heavy atom. The van der Waals surface area contributed by atoms with Gasteiger partial charge in [-0.05, 0) is 24.8 Å². The lowest BCUT2D eigenvalue weighted by Crippen LogP contribution is -2.55. The number of morpholine rings is 1. The zero-order valence-corrected chi connectivity index (χ0v) is 20.0. The fourth-order valence-corrected chi connectivity index (χ4v) is 6.25. The molecule has 1 saturated carbocycles. The molecule has 0 radical (unpaired) electrons. The molecule has 1 aromatic rings. The lowest BCUT2D eigenvalue weighted by Gasteiger charge is -2.43. The minimum Gasteiger partial charge on any atom is -0.379 e. The summed E-state index contributed by atoms with van der Waals surface area (Å²) in [6, 6.07) is 0.788. The van der Waals surface area contributed by atoms with Gasteiger partial charge in [0.2, 0.25) is 5.91 Å². The minimum atomic E-state index is 0.229. The summed E-state index contributed by atoms with van der Waals surface area (Å²) in [5.41, 5.74) is 3.93. The number of rotatable bonds is 4. The Hall–Kier alpha value is -1.74. The van der Waals surface area contributed by atoms with Crippen molar-refractivity contribution in [3.63, 3.8) is 0 Å². The van der Waals surface area contributed by atoms with Crippen LogP contribution < -0.4 is 10.7 Å². The van der Waals surface area contributed by atoms with Gasteiger partial charge in [-0.15, -0.1) is 0 Å². The molecule has 5 heterocycles. The van der Waals surface area contributed by atoms with E-state index in [4.69, 9.17) is 9.73 Å². The average Bonchev–Trinajstić information content (AvgIpc) is 3.10. The molecule has 1 amide bonds. The van der Waals surface area contributed by atoms with Gasteiger partial charge in [-0.1, -0.05) is 12.5 Å². The molecule has 3 fully saturated rings. The predicted octanol–water partition coefficient (Wildman–Crippen LogP) is -0.458. The maximum absolute atomic E-state index is 13.1. The Balaban J connectivity index is 1.11. The van der Waals surface area contributed by atoms with Crippen molar-refractivity contribution in [1.29, 1.82) is 0 Å². The highest BCUT2D eigenvalue weighted by molar-refractivity contribution is 5.78. The zero-order chi connectivity index (χ0) is 22.4. The quantitative estimate of drug-likeness (QED) is 0.617. The summed E-state index contributed by atoms with van der Waals surface area (Å²) in [4.78, 5) is 27.7. The molecule has 4 aliphatic heterocycles. The molecule has 6 rings (SSSR count). The summed E-state index contributed by atoms with van der Waals surface area (Å²) >= 11 is 0. The third kappa shape index (κ3) is 4.16. The van der Waals surface area contributed by atoms with E-state index in [1.165, 1.54) is 35.7 Å². The molecule has 5 aliphatic rings. The van der Waals surface area contributed by atoms with E-state index in [0.717, 1.165) is 89.9 Å². The van der Waals surface area contributed by atoms with Crippen LogP contribution in [0.2, 0.25) is 0 Å². The number of ether oxygens (including phenoxy) is 1. The number of carbonyl (C=O) groups is 1. The maximum atomic E-state index is 13.1. The van der Waals surface area contributed by atoms with E-state index in [9.17, 15) is 4.79 Å². The van der Waals surface area contributed by atoms with Crippen LogP contribution in [-0.4, -0.2) is 108 Å². The standard InChI is InChI=1S/C25H38N6O2/c1-27-22-17-28(18-24(32)31-11-9-29(10-12-31)19-3-2-4-19)8-7-20(22)21-5-6-23(26-25(21)27)30-13-15-33-16-14-30/h5,19,23H,2-4,6-18H2,1H3. The number of fused-ring (bicyclic) bond motifs is 3. The van der Waals surface area contributed by atoms with E-state index in [1.807, 2.05) is 0 Å². The van der Waals surface area contributed by atoms with Crippen molar-refractivity contribution in [3.8, 4) is 0 Å². The number of nitrogens with zero attached hydrogens (tertiary/aromatic N) is 6. The van der Waals surface area contributed by atoms with Gasteiger partial charge in [-0.2, -0.15) is 0 Å². The Morgan fingerprint density at radius 3 is 2.58 bits per heavy atom. The normalized spacial score (nSPS) is 27.3. The summed E-state index contributed by atoms with van der Waals surface area (Å²) in [5, 5.41) is 1.34. The van der Waals surface area contributed by atoms with Crippen LogP contribution in [0.15, 0.2) is 4.99 Å². The van der Waals surface area contributed by atoms with Crippen molar-refractivity contribution >= 4 is 12.0 Å². The lowest BCUT2D eigenvalue weighted by molar-refractivity contribution is -0.135. The van der Waals surface area contributed by atoms with E-state index in [1.54, 1.807) is 0 Å². The fraction of sp³-hybridized carbons (Fsp3) is 0.760. The van der Waals surface area contributed by atoms with Crippen LogP contribution in [0.25, 0.3) is 6.08 Å². The highest BCUT2D eigenvalue weighted by atomic mass is 16.5. The molecule has 1 atom stereocenters. The Labute approximate surface area is 196 Å². The monoisotopic (exact) mass is 454 g/mol. The largest absolute Gasteiger partial charge is 0.379 e. The van der Waals surface area contributed by atoms with Crippen LogP contribution in [0.1, 0.15) is 36.9 Å². The predicted molar refractivity (Wildman–Crippen MR) is 126 cm³/mol.